The molecule has 0 radical (unpaired) electrons. The standard InChI is InChI=1S/C15H21N3O2/c1-4-19-14-7-6-12(9-15(14)20-5-2)11(3)8-13-10-16-18-17-13/h6-7,9-11H,4-5,8H2,1-3H3,(H,16,17,18). The van der Waals surface area contributed by atoms with Crippen molar-refractivity contribution in [2.45, 2.75) is 33.1 Å². The number of ether oxygens (including phenoxy) is 2. The first-order valence-corrected chi connectivity index (χ1v) is 6.98. The quantitative estimate of drug-likeness (QED) is 0.844. The molecule has 1 aromatic carbocycles. The average Bonchev–Trinajstić information content (AvgIpc) is 2.94. The number of hydrogen-bond donors (Lipinski definition) is 1. The van der Waals surface area contributed by atoms with Gasteiger partial charge >= 0.3 is 0 Å². The zero-order valence-corrected chi connectivity index (χ0v) is 12.2. The molecule has 5 heteroatoms. The molecule has 108 valence electrons. The van der Waals surface area contributed by atoms with Crippen LogP contribution in [-0.4, -0.2) is 28.6 Å². The maximum atomic E-state index is 5.66. The van der Waals surface area contributed by atoms with Crippen LogP contribution in [0.3, 0.4) is 0 Å². The summed E-state index contributed by atoms with van der Waals surface area (Å²) in [6.07, 6.45) is 2.60. The number of aromatic amines is 1. The summed E-state index contributed by atoms with van der Waals surface area (Å²) in [5.74, 6) is 1.94. The van der Waals surface area contributed by atoms with Crippen molar-refractivity contribution in [2.24, 2.45) is 0 Å². The number of benzene rings is 1. The number of rotatable bonds is 7. The zero-order valence-electron chi connectivity index (χ0n) is 12.2. The maximum absolute atomic E-state index is 5.66. The first-order valence-electron chi connectivity index (χ1n) is 6.98. The largest absolute Gasteiger partial charge is 0.490 e. The Hall–Kier alpha value is -2.04. The number of nitrogens with one attached hydrogen (secondary N) is 1. The van der Waals surface area contributed by atoms with Crippen LogP contribution in [0.4, 0.5) is 0 Å². The second-order valence-corrected chi connectivity index (χ2v) is 4.64. The molecule has 1 aromatic heterocycles. The SMILES string of the molecule is CCOc1ccc(C(C)Cc2cn[nH]n2)cc1OCC. The van der Waals surface area contributed by atoms with E-state index >= 15 is 0 Å². The van der Waals surface area contributed by atoms with Crippen LogP contribution < -0.4 is 9.47 Å². The molecule has 0 fully saturated rings. The lowest BCUT2D eigenvalue weighted by molar-refractivity contribution is 0.287. The molecule has 0 aliphatic heterocycles. The fraction of sp³-hybridized carbons (Fsp3) is 0.467. The van der Waals surface area contributed by atoms with Gasteiger partial charge in [0.2, 0.25) is 0 Å². The minimum absolute atomic E-state index is 0.343. The van der Waals surface area contributed by atoms with Gasteiger partial charge in [0.15, 0.2) is 11.5 Å². The fourth-order valence-electron chi connectivity index (χ4n) is 2.13. The average molecular weight is 275 g/mol. The second kappa shape index (κ2) is 6.93. The summed E-state index contributed by atoms with van der Waals surface area (Å²) in [6, 6.07) is 6.11. The fourth-order valence-corrected chi connectivity index (χ4v) is 2.13. The first-order chi connectivity index (χ1) is 9.74. The second-order valence-electron chi connectivity index (χ2n) is 4.64. The lowest BCUT2D eigenvalue weighted by Gasteiger charge is -2.15. The third kappa shape index (κ3) is 3.50. The Balaban J connectivity index is 2.16. The highest BCUT2D eigenvalue weighted by molar-refractivity contribution is 5.44. The summed E-state index contributed by atoms with van der Waals surface area (Å²) < 4.78 is 11.2. The van der Waals surface area contributed by atoms with Crippen LogP contribution >= 0.6 is 0 Å². The molecule has 1 atom stereocenters. The Kier molecular flexibility index (Phi) is 4.98. The minimum Gasteiger partial charge on any atom is -0.490 e. The van der Waals surface area contributed by atoms with Gasteiger partial charge in [-0.25, -0.2) is 0 Å². The molecule has 0 amide bonds. The van der Waals surface area contributed by atoms with Gasteiger partial charge in [0.25, 0.3) is 0 Å². The van der Waals surface area contributed by atoms with Crippen LogP contribution in [-0.2, 0) is 6.42 Å². The Morgan fingerprint density at radius 1 is 1.15 bits per heavy atom. The molecule has 2 aromatic rings. The van der Waals surface area contributed by atoms with E-state index < -0.39 is 0 Å². The van der Waals surface area contributed by atoms with Crippen LogP contribution in [0.2, 0.25) is 0 Å². The molecule has 0 bridgehead atoms. The minimum atomic E-state index is 0.343. The molecule has 0 aliphatic rings. The van der Waals surface area contributed by atoms with Crippen molar-refractivity contribution in [1.29, 1.82) is 0 Å². The molecule has 0 aliphatic carbocycles. The number of hydrogen-bond acceptors (Lipinski definition) is 4. The van der Waals surface area contributed by atoms with Crippen molar-refractivity contribution < 1.29 is 9.47 Å². The van der Waals surface area contributed by atoms with E-state index in [1.807, 2.05) is 19.9 Å². The van der Waals surface area contributed by atoms with Gasteiger partial charge in [-0.2, -0.15) is 15.4 Å². The van der Waals surface area contributed by atoms with E-state index in [4.69, 9.17) is 9.47 Å². The lowest BCUT2D eigenvalue weighted by atomic mass is 9.96. The predicted octanol–water partition coefficient (Wildman–Crippen LogP) is 2.95. The van der Waals surface area contributed by atoms with E-state index in [2.05, 4.69) is 34.5 Å². The van der Waals surface area contributed by atoms with Crippen molar-refractivity contribution in [3.63, 3.8) is 0 Å². The normalized spacial score (nSPS) is 12.2. The third-order valence-corrected chi connectivity index (χ3v) is 3.12. The summed E-state index contributed by atoms with van der Waals surface area (Å²) >= 11 is 0. The van der Waals surface area contributed by atoms with Crippen molar-refractivity contribution in [3.8, 4) is 11.5 Å². The number of nitrogens with zero attached hydrogens (tertiary/aromatic N) is 2. The molecular weight excluding hydrogens is 254 g/mol. The van der Waals surface area contributed by atoms with Crippen molar-refractivity contribution >= 4 is 0 Å². The predicted molar refractivity (Wildman–Crippen MR) is 77.3 cm³/mol. The molecule has 5 nitrogen and oxygen atoms in total. The van der Waals surface area contributed by atoms with Crippen LogP contribution in [0.1, 0.15) is 37.9 Å². The molecule has 20 heavy (non-hydrogen) atoms. The Labute approximate surface area is 119 Å². The van der Waals surface area contributed by atoms with Gasteiger partial charge in [-0.1, -0.05) is 13.0 Å². The molecule has 1 unspecified atom stereocenters. The summed E-state index contributed by atoms with van der Waals surface area (Å²) in [7, 11) is 0. The topological polar surface area (TPSA) is 60.0 Å². The van der Waals surface area contributed by atoms with Gasteiger partial charge < -0.3 is 9.47 Å². The first kappa shape index (κ1) is 14.4. The number of H-pyrrole nitrogens is 1. The van der Waals surface area contributed by atoms with E-state index in [1.165, 1.54) is 5.56 Å². The van der Waals surface area contributed by atoms with Crippen LogP contribution in [0, 0.1) is 0 Å². The smallest absolute Gasteiger partial charge is 0.161 e. The highest BCUT2D eigenvalue weighted by Gasteiger charge is 2.12. The lowest BCUT2D eigenvalue weighted by Crippen LogP contribution is -2.02. The maximum Gasteiger partial charge on any atom is 0.161 e. The van der Waals surface area contributed by atoms with E-state index in [9.17, 15) is 0 Å². The zero-order chi connectivity index (χ0) is 14.4. The molecule has 0 spiro atoms. The molecule has 1 N–H and O–H groups in total. The van der Waals surface area contributed by atoms with Crippen molar-refractivity contribution in [3.05, 3.63) is 35.7 Å². The van der Waals surface area contributed by atoms with Gasteiger partial charge in [-0.3, -0.25) is 0 Å². The summed E-state index contributed by atoms with van der Waals surface area (Å²) in [6.45, 7) is 7.37. The van der Waals surface area contributed by atoms with E-state index in [-0.39, 0.29) is 0 Å². The molecular formula is C15H21N3O2. The van der Waals surface area contributed by atoms with Crippen LogP contribution in [0.25, 0.3) is 0 Å². The molecule has 2 rings (SSSR count). The Morgan fingerprint density at radius 2 is 1.90 bits per heavy atom. The highest BCUT2D eigenvalue weighted by atomic mass is 16.5. The van der Waals surface area contributed by atoms with E-state index in [0.717, 1.165) is 23.6 Å². The summed E-state index contributed by atoms with van der Waals surface area (Å²) in [5, 5.41) is 10.6. The Morgan fingerprint density at radius 3 is 2.55 bits per heavy atom. The summed E-state index contributed by atoms with van der Waals surface area (Å²) in [5.41, 5.74) is 2.17. The molecule has 0 saturated carbocycles. The highest BCUT2D eigenvalue weighted by Crippen LogP contribution is 2.32. The monoisotopic (exact) mass is 275 g/mol. The third-order valence-electron chi connectivity index (χ3n) is 3.12. The molecule has 0 saturated heterocycles. The number of aromatic nitrogens is 3. The van der Waals surface area contributed by atoms with Crippen LogP contribution in [0.5, 0.6) is 11.5 Å². The van der Waals surface area contributed by atoms with Gasteiger partial charge in [0, 0.05) is 0 Å². The van der Waals surface area contributed by atoms with E-state index in [1.54, 1.807) is 6.20 Å². The van der Waals surface area contributed by atoms with Crippen molar-refractivity contribution in [1.82, 2.24) is 15.4 Å². The van der Waals surface area contributed by atoms with Crippen LogP contribution in [0.15, 0.2) is 24.4 Å². The van der Waals surface area contributed by atoms with Gasteiger partial charge in [-0.15, -0.1) is 0 Å². The van der Waals surface area contributed by atoms with Gasteiger partial charge in [0.1, 0.15) is 0 Å². The van der Waals surface area contributed by atoms with Gasteiger partial charge in [0.05, 0.1) is 25.1 Å². The summed E-state index contributed by atoms with van der Waals surface area (Å²) in [4.78, 5) is 0. The van der Waals surface area contributed by atoms with E-state index in [0.29, 0.717) is 19.1 Å². The van der Waals surface area contributed by atoms with Gasteiger partial charge in [-0.05, 0) is 43.9 Å². The Bertz CT molecular complexity index is 526. The molecule has 1 heterocycles. The van der Waals surface area contributed by atoms with Crippen molar-refractivity contribution in [2.75, 3.05) is 13.2 Å².